The van der Waals surface area contributed by atoms with E-state index in [0.717, 1.165) is 18.9 Å². The van der Waals surface area contributed by atoms with Gasteiger partial charge < -0.3 is 15.5 Å². The van der Waals surface area contributed by atoms with Gasteiger partial charge in [-0.25, -0.2) is 0 Å². The maximum absolute atomic E-state index is 12.6. The van der Waals surface area contributed by atoms with Gasteiger partial charge in [0.2, 0.25) is 0 Å². The lowest BCUT2D eigenvalue weighted by molar-refractivity contribution is -0.114. The zero-order valence-corrected chi connectivity index (χ0v) is 14.6. The van der Waals surface area contributed by atoms with Gasteiger partial charge in [-0.3, -0.25) is 9.59 Å². The molecule has 1 heterocycles. The molecule has 1 aromatic carbocycles. The van der Waals surface area contributed by atoms with Crippen LogP contribution in [0.3, 0.4) is 0 Å². The fourth-order valence-corrected chi connectivity index (χ4v) is 3.51. The summed E-state index contributed by atoms with van der Waals surface area (Å²) in [7, 11) is 0. The molecule has 1 aliphatic carbocycles. The Morgan fingerprint density at radius 1 is 1.16 bits per heavy atom. The highest BCUT2D eigenvalue weighted by molar-refractivity contribution is 6.33. The summed E-state index contributed by atoms with van der Waals surface area (Å²) in [4.78, 5) is 24.8. The number of benzene rings is 1. The van der Waals surface area contributed by atoms with Crippen LogP contribution >= 0.6 is 11.6 Å². The minimum Gasteiger partial charge on any atom is -0.507 e. The molecule has 132 valence electrons. The zero-order chi connectivity index (χ0) is 18.1. The van der Waals surface area contributed by atoms with E-state index in [0.29, 0.717) is 11.8 Å². The second-order valence-corrected chi connectivity index (χ2v) is 7.12. The zero-order valence-electron chi connectivity index (χ0n) is 13.8. The van der Waals surface area contributed by atoms with Crippen LogP contribution in [0.25, 0.3) is 0 Å². The van der Waals surface area contributed by atoms with Crippen LogP contribution in [0, 0.1) is 11.8 Å². The van der Waals surface area contributed by atoms with Crippen LogP contribution in [0.1, 0.15) is 35.7 Å². The molecule has 0 aromatic heterocycles. The summed E-state index contributed by atoms with van der Waals surface area (Å²) in [6.07, 6.45) is 8.73. The molecule has 5 nitrogen and oxygen atoms in total. The van der Waals surface area contributed by atoms with Crippen molar-refractivity contribution in [1.82, 2.24) is 5.32 Å². The van der Waals surface area contributed by atoms with Crippen molar-refractivity contribution in [2.24, 2.45) is 11.8 Å². The topological polar surface area (TPSA) is 86.6 Å². The van der Waals surface area contributed by atoms with Crippen LogP contribution in [0.15, 0.2) is 30.4 Å². The number of carbonyl (C=O) groups is 2. The second-order valence-electron chi connectivity index (χ2n) is 6.74. The normalized spacial score (nSPS) is 26.4. The van der Waals surface area contributed by atoms with Gasteiger partial charge in [-0.05, 0) is 43.2 Å². The molecule has 0 unspecified atom stereocenters. The number of amides is 1. The molecule has 1 amide bonds. The highest BCUT2D eigenvalue weighted by Crippen LogP contribution is 2.43. The van der Waals surface area contributed by atoms with Crippen LogP contribution in [0.2, 0.25) is 5.02 Å². The Balaban J connectivity index is 2.01. The van der Waals surface area contributed by atoms with E-state index in [1.807, 2.05) is 13.0 Å². The average Bonchev–Trinajstić information content (AvgIpc) is 3.25. The van der Waals surface area contributed by atoms with E-state index in [-0.39, 0.29) is 40.1 Å². The van der Waals surface area contributed by atoms with Gasteiger partial charge in [0, 0.05) is 18.5 Å². The fraction of sp³-hybridized carbons (Fsp3) is 0.368. The van der Waals surface area contributed by atoms with Crippen LogP contribution < -0.4 is 5.32 Å². The summed E-state index contributed by atoms with van der Waals surface area (Å²) in [6, 6.07) is 0.944. The molecule has 1 fully saturated rings. The van der Waals surface area contributed by atoms with Gasteiger partial charge in [-0.1, -0.05) is 29.8 Å². The van der Waals surface area contributed by atoms with Gasteiger partial charge >= 0.3 is 0 Å². The van der Waals surface area contributed by atoms with Crippen molar-refractivity contribution in [1.29, 1.82) is 0 Å². The number of hydrogen-bond donors (Lipinski definition) is 3. The number of nitrogens with one attached hydrogen (secondary N) is 1. The van der Waals surface area contributed by atoms with Gasteiger partial charge in [0.1, 0.15) is 11.5 Å². The van der Waals surface area contributed by atoms with E-state index in [4.69, 9.17) is 11.6 Å². The lowest BCUT2D eigenvalue weighted by Gasteiger charge is -2.18. The number of hydrogen-bond acceptors (Lipinski definition) is 4. The Labute approximate surface area is 151 Å². The first-order valence-electron chi connectivity index (χ1n) is 8.28. The molecule has 0 radical (unpaired) electrons. The Morgan fingerprint density at radius 3 is 2.68 bits per heavy atom. The van der Waals surface area contributed by atoms with Crippen molar-refractivity contribution in [3.8, 4) is 11.5 Å². The molecule has 1 saturated carbocycles. The number of allylic oxidation sites excluding steroid dienone is 4. The first kappa shape index (κ1) is 17.5. The maximum Gasteiger partial charge on any atom is 0.255 e. The first-order valence-corrected chi connectivity index (χ1v) is 8.66. The summed E-state index contributed by atoms with van der Waals surface area (Å²) < 4.78 is 0. The van der Waals surface area contributed by atoms with Crippen molar-refractivity contribution in [3.05, 3.63) is 46.5 Å². The molecular weight excluding hydrogens is 342 g/mol. The third-order valence-corrected chi connectivity index (χ3v) is 5.08. The third-order valence-electron chi connectivity index (χ3n) is 4.66. The van der Waals surface area contributed by atoms with Gasteiger partial charge in [0.05, 0.1) is 10.6 Å². The van der Waals surface area contributed by atoms with E-state index in [2.05, 4.69) is 11.4 Å². The minimum atomic E-state index is -0.497. The number of phenols is 2. The van der Waals surface area contributed by atoms with E-state index in [1.165, 1.54) is 6.08 Å². The highest BCUT2D eigenvalue weighted by atomic mass is 35.5. The molecule has 3 N–H and O–H groups in total. The molecule has 1 aromatic rings. The Hall–Kier alpha value is -2.27. The fourth-order valence-electron chi connectivity index (χ4n) is 3.29. The van der Waals surface area contributed by atoms with Crippen LogP contribution in [-0.2, 0) is 11.2 Å². The summed E-state index contributed by atoms with van der Waals surface area (Å²) in [5, 5.41) is 22.7. The van der Waals surface area contributed by atoms with E-state index >= 15 is 0 Å². The number of aromatic hydroxyl groups is 2. The summed E-state index contributed by atoms with van der Waals surface area (Å²) in [5.41, 5.74) is 0.0696. The molecule has 3 atom stereocenters. The molecule has 6 heteroatoms. The highest BCUT2D eigenvalue weighted by Gasteiger charge is 2.36. The van der Waals surface area contributed by atoms with Crippen molar-refractivity contribution < 1.29 is 19.8 Å². The maximum atomic E-state index is 12.6. The molecule has 1 aliphatic heterocycles. The molecule has 0 bridgehead atoms. The molecule has 25 heavy (non-hydrogen) atoms. The monoisotopic (exact) mass is 361 g/mol. The number of carbonyl (C=O) groups excluding carboxylic acids is 2. The lowest BCUT2D eigenvalue weighted by Crippen LogP contribution is -2.34. The van der Waals surface area contributed by atoms with Crippen LogP contribution in [0.4, 0.5) is 0 Å². The van der Waals surface area contributed by atoms with Crippen molar-refractivity contribution in [2.75, 3.05) is 0 Å². The Kier molecular flexibility index (Phi) is 4.86. The van der Waals surface area contributed by atoms with Crippen LogP contribution in [0.5, 0.6) is 11.5 Å². The quantitative estimate of drug-likeness (QED) is 0.662. The predicted octanol–water partition coefficient (Wildman–Crippen LogP) is 3.13. The van der Waals surface area contributed by atoms with Gasteiger partial charge in [-0.15, -0.1) is 0 Å². The molecule has 2 aliphatic rings. The van der Waals surface area contributed by atoms with E-state index < -0.39 is 11.7 Å². The van der Waals surface area contributed by atoms with Gasteiger partial charge in [0.25, 0.3) is 5.91 Å². The van der Waals surface area contributed by atoms with Crippen molar-refractivity contribution in [3.63, 3.8) is 0 Å². The second kappa shape index (κ2) is 6.92. The number of ketones is 1. The van der Waals surface area contributed by atoms with Gasteiger partial charge in [0.15, 0.2) is 5.78 Å². The summed E-state index contributed by atoms with van der Waals surface area (Å²) >= 11 is 6.10. The molecule has 3 rings (SSSR count). The number of rotatable bonds is 0. The van der Waals surface area contributed by atoms with E-state index in [9.17, 15) is 19.8 Å². The third kappa shape index (κ3) is 3.87. The number of phenolic OH excluding ortho intramolecular Hbond substituents is 2. The van der Waals surface area contributed by atoms with Crippen molar-refractivity contribution in [2.45, 2.75) is 32.2 Å². The van der Waals surface area contributed by atoms with Crippen molar-refractivity contribution >= 4 is 23.3 Å². The standard InChI is InChI=1S/C19H20ClNO4/c1-10-6-12-7-11(12)4-2-3-5-13(22)8-14-17(19(25)21-10)15(23)9-16(24)18(14)20/h2-5,9-12,23-24H,6-8H2,1H3,(H,21,25)/t10-,11+,12+/m1/s1. The predicted molar refractivity (Wildman–Crippen MR) is 94.9 cm³/mol. The summed E-state index contributed by atoms with van der Waals surface area (Å²) in [5.74, 6) is -0.539. The average molecular weight is 362 g/mol. The largest absolute Gasteiger partial charge is 0.507 e. The van der Waals surface area contributed by atoms with E-state index in [1.54, 1.807) is 6.08 Å². The lowest BCUT2D eigenvalue weighted by atomic mass is 9.98. The minimum absolute atomic E-state index is 0.0589. The van der Waals surface area contributed by atoms with Gasteiger partial charge in [-0.2, -0.15) is 0 Å². The first-order chi connectivity index (χ1) is 11.9. The summed E-state index contributed by atoms with van der Waals surface area (Å²) in [6.45, 7) is 1.91. The number of fused-ring (bicyclic) bond motifs is 2. The molecule has 0 saturated heterocycles. The number of halogens is 1. The van der Waals surface area contributed by atoms with Crippen LogP contribution in [-0.4, -0.2) is 27.9 Å². The molecular formula is C19H20ClNO4. The SMILES string of the molecule is C[C@@H]1C[C@H]2C[C@@H]2C=CC=CC(=O)Cc2c(Cl)c(O)cc(O)c2C(=O)N1. The smallest absolute Gasteiger partial charge is 0.255 e. The Bertz CT molecular complexity index is 784. The molecule has 0 spiro atoms. The Morgan fingerprint density at radius 2 is 1.92 bits per heavy atom.